The van der Waals surface area contributed by atoms with Gasteiger partial charge >= 0.3 is 0 Å². The van der Waals surface area contributed by atoms with Crippen LogP contribution in [0, 0.1) is 6.92 Å². The Hall–Kier alpha value is -2.03. The highest BCUT2D eigenvalue weighted by Gasteiger charge is 2.08. The van der Waals surface area contributed by atoms with Gasteiger partial charge in [-0.2, -0.15) is 0 Å². The zero-order chi connectivity index (χ0) is 13.1. The van der Waals surface area contributed by atoms with E-state index < -0.39 is 0 Å². The number of aryl methyl sites for hydroxylation is 1. The number of nitrogens with zero attached hydrogens (tertiary/aromatic N) is 1. The number of benzene rings is 1. The van der Waals surface area contributed by atoms with Crippen molar-refractivity contribution in [1.29, 1.82) is 0 Å². The number of pyridine rings is 1. The van der Waals surface area contributed by atoms with Gasteiger partial charge in [-0.15, -0.1) is 0 Å². The minimum Gasteiger partial charge on any atom is -0.497 e. The molecule has 0 atom stereocenters. The summed E-state index contributed by atoms with van der Waals surface area (Å²) in [5.41, 5.74) is 3.15. The lowest BCUT2D eigenvalue weighted by atomic mass is 10.0. The topological polar surface area (TPSA) is 31.2 Å². The van der Waals surface area contributed by atoms with Gasteiger partial charge in [0, 0.05) is 18.2 Å². The van der Waals surface area contributed by atoms with E-state index in [0.717, 1.165) is 22.6 Å². The maximum absolute atomic E-state index is 11.8. The maximum Gasteiger partial charge on any atom is 0.250 e. The van der Waals surface area contributed by atoms with E-state index in [0.29, 0.717) is 6.54 Å². The molecule has 1 aromatic heterocycles. The average molecular weight is 243 g/mol. The fraction of sp³-hybridized carbons (Fsp3) is 0.267. The van der Waals surface area contributed by atoms with Crippen LogP contribution in [-0.2, 0) is 6.54 Å². The first-order valence-electron chi connectivity index (χ1n) is 6.02. The van der Waals surface area contributed by atoms with Crippen LogP contribution in [0.15, 0.2) is 41.2 Å². The van der Waals surface area contributed by atoms with Crippen molar-refractivity contribution >= 4 is 0 Å². The number of hydrogen-bond acceptors (Lipinski definition) is 2. The van der Waals surface area contributed by atoms with Crippen molar-refractivity contribution < 1.29 is 4.74 Å². The third-order valence-corrected chi connectivity index (χ3v) is 3.08. The molecule has 0 radical (unpaired) electrons. The molecule has 0 aliphatic carbocycles. The van der Waals surface area contributed by atoms with Crippen LogP contribution >= 0.6 is 0 Å². The van der Waals surface area contributed by atoms with Crippen LogP contribution in [0.2, 0.25) is 0 Å². The summed E-state index contributed by atoms with van der Waals surface area (Å²) in [4.78, 5) is 11.8. The van der Waals surface area contributed by atoms with Crippen molar-refractivity contribution in [3.63, 3.8) is 0 Å². The molecule has 3 nitrogen and oxygen atoms in total. The second-order valence-electron chi connectivity index (χ2n) is 4.17. The first-order valence-corrected chi connectivity index (χ1v) is 6.02. The van der Waals surface area contributed by atoms with Gasteiger partial charge in [0.2, 0.25) is 0 Å². The van der Waals surface area contributed by atoms with Gasteiger partial charge in [0.15, 0.2) is 0 Å². The Kier molecular flexibility index (Phi) is 3.51. The molecule has 0 aliphatic rings. The lowest BCUT2D eigenvalue weighted by Crippen LogP contribution is -2.19. The Bertz CT molecular complexity index is 614. The highest BCUT2D eigenvalue weighted by atomic mass is 16.5. The summed E-state index contributed by atoms with van der Waals surface area (Å²) in [6.07, 6.45) is 0. The molecule has 1 aromatic carbocycles. The summed E-state index contributed by atoms with van der Waals surface area (Å²) < 4.78 is 6.97. The Morgan fingerprint density at radius 3 is 2.61 bits per heavy atom. The fourth-order valence-electron chi connectivity index (χ4n) is 2.13. The van der Waals surface area contributed by atoms with Gasteiger partial charge in [-0.05, 0) is 43.7 Å². The highest BCUT2D eigenvalue weighted by Crippen LogP contribution is 2.25. The summed E-state index contributed by atoms with van der Waals surface area (Å²) in [6, 6.07) is 11.3. The molecule has 0 aliphatic heterocycles. The SMILES string of the molecule is CCn1c(-c2ccc(OC)cc2C)cccc1=O. The lowest BCUT2D eigenvalue weighted by Gasteiger charge is -2.13. The molecular formula is C15H17NO2. The lowest BCUT2D eigenvalue weighted by molar-refractivity contribution is 0.414. The number of aromatic nitrogens is 1. The van der Waals surface area contributed by atoms with Crippen molar-refractivity contribution in [2.45, 2.75) is 20.4 Å². The van der Waals surface area contributed by atoms with E-state index in [-0.39, 0.29) is 5.56 Å². The van der Waals surface area contributed by atoms with E-state index in [1.54, 1.807) is 23.8 Å². The van der Waals surface area contributed by atoms with Crippen molar-refractivity contribution in [3.8, 4) is 17.0 Å². The maximum atomic E-state index is 11.8. The predicted molar refractivity (Wildman–Crippen MR) is 73.1 cm³/mol. The van der Waals surface area contributed by atoms with Crippen molar-refractivity contribution in [2.24, 2.45) is 0 Å². The highest BCUT2D eigenvalue weighted by molar-refractivity contribution is 5.65. The van der Waals surface area contributed by atoms with Crippen LogP contribution in [0.25, 0.3) is 11.3 Å². The van der Waals surface area contributed by atoms with E-state index in [4.69, 9.17) is 4.74 Å². The third kappa shape index (κ3) is 2.16. The molecule has 0 bridgehead atoms. The zero-order valence-corrected chi connectivity index (χ0v) is 10.9. The van der Waals surface area contributed by atoms with E-state index >= 15 is 0 Å². The van der Waals surface area contributed by atoms with E-state index in [1.807, 2.05) is 38.1 Å². The molecule has 2 rings (SSSR count). The molecule has 3 heteroatoms. The number of hydrogen-bond donors (Lipinski definition) is 0. The van der Waals surface area contributed by atoms with Crippen LogP contribution in [0.4, 0.5) is 0 Å². The van der Waals surface area contributed by atoms with Crippen LogP contribution in [0.5, 0.6) is 5.75 Å². The molecule has 0 amide bonds. The van der Waals surface area contributed by atoms with E-state index in [9.17, 15) is 4.79 Å². The first kappa shape index (κ1) is 12.4. The third-order valence-electron chi connectivity index (χ3n) is 3.08. The van der Waals surface area contributed by atoms with Crippen LogP contribution in [0.1, 0.15) is 12.5 Å². The minimum atomic E-state index is 0.0326. The predicted octanol–water partition coefficient (Wildman–Crippen LogP) is 2.85. The van der Waals surface area contributed by atoms with Crippen molar-refractivity contribution in [1.82, 2.24) is 4.57 Å². The average Bonchev–Trinajstić information content (AvgIpc) is 2.38. The van der Waals surface area contributed by atoms with E-state index in [2.05, 4.69) is 0 Å². The smallest absolute Gasteiger partial charge is 0.250 e. The molecule has 1 heterocycles. The molecule has 0 N–H and O–H groups in total. The summed E-state index contributed by atoms with van der Waals surface area (Å²) in [5, 5.41) is 0. The quantitative estimate of drug-likeness (QED) is 0.830. The Morgan fingerprint density at radius 1 is 1.22 bits per heavy atom. The normalized spacial score (nSPS) is 10.4. The number of methoxy groups -OCH3 is 1. The molecule has 2 aromatic rings. The first-order chi connectivity index (χ1) is 8.67. The largest absolute Gasteiger partial charge is 0.497 e. The zero-order valence-electron chi connectivity index (χ0n) is 10.9. The van der Waals surface area contributed by atoms with Gasteiger partial charge in [-0.25, -0.2) is 0 Å². The minimum absolute atomic E-state index is 0.0326. The molecule has 18 heavy (non-hydrogen) atoms. The fourth-order valence-corrected chi connectivity index (χ4v) is 2.13. The molecule has 0 fully saturated rings. The molecule has 0 unspecified atom stereocenters. The van der Waals surface area contributed by atoms with Crippen molar-refractivity contribution in [3.05, 3.63) is 52.3 Å². The van der Waals surface area contributed by atoms with Crippen LogP contribution in [-0.4, -0.2) is 11.7 Å². The van der Waals surface area contributed by atoms with Crippen LogP contribution in [0.3, 0.4) is 0 Å². The van der Waals surface area contributed by atoms with Gasteiger partial charge < -0.3 is 9.30 Å². The van der Waals surface area contributed by atoms with Crippen LogP contribution < -0.4 is 10.3 Å². The second kappa shape index (κ2) is 5.08. The standard InChI is InChI=1S/C15H17NO2/c1-4-16-14(6-5-7-15(16)17)13-9-8-12(18-3)10-11(13)2/h5-10H,4H2,1-3H3. The second-order valence-corrected chi connectivity index (χ2v) is 4.17. The summed E-state index contributed by atoms with van der Waals surface area (Å²) in [5.74, 6) is 0.831. The monoisotopic (exact) mass is 243 g/mol. The Morgan fingerprint density at radius 2 is 2.00 bits per heavy atom. The van der Waals surface area contributed by atoms with Gasteiger partial charge in [0.1, 0.15) is 5.75 Å². The molecule has 0 spiro atoms. The molecule has 0 saturated carbocycles. The summed E-state index contributed by atoms with van der Waals surface area (Å²) in [6.45, 7) is 4.67. The Labute approximate surface area is 107 Å². The van der Waals surface area contributed by atoms with E-state index in [1.165, 1.54) is 0 Å². The molecule has 0 saturated heterocycles. The van der Waals surface area contributed by atoms with Gasteiger partial charge in [-0.1, -0.05) is 6.07 Å². The molecular weight excluding hydrogens is 226 g/mol. The number of ether oxygens (including phenoxy) is 1. The van der Waals surface area contributed by atoms with Gasteiger partial charge in [0.25, 0.3) is 5.56 Å². The molecule has 94 valence electrons. The van der Waals surface area contributed by atoms with Gasteiger partial charge in [-0.3, -0.25) is 4.79 Å². The summed E-state index contributed by atoms with van der Waals surface area (Å²) in [7, 11) is 1.65. The number of rotatable bonds is 3. The van der Waals surface area contributed by atoms with Gasteiger partial charge in [0.05, 0.1) is 12.8 Å². The summed E-state index contributed by atoms with van der Waals surface area (Å²) >= 11 is 0. The Balaban J connectivity index is 2.62. The van der Waals surface area contributed by atoms with Crippen molar-refractivity contribution in [2.75, 3.05) is 7.11 Å².